The Morgan fingerprint density at radius 3 is 2.19 bits per heavy atom. The van der Waals surface area contributed by atoms with Gasteiger partial charge in [0.2, 0.25) is 0 Å². The number of fused-ring (bicyclic) bond motifs is 2. The van der Waals surface area contributed by atoms with Crippen molar-refractivity contribution in [3.8, 4) is 0 Å². The van der Waals surface area contributed by atoms with Gasteiger partial charge in [-0.3, -0.25) is 0 Å². The molecule has 1 aliphatic heterocycles. The lowest BCUT2D eigenvalue weighted by atomic mass is 9.99. The highest BCUT2D eigenvalue weighted by atomic mass is 32.2. The number of aryl methyl sites for hydroxylation is 2. The summed E-state index contributed by atoms with van der Waals surface area (Å²) in [6.07, 6.45) is 7.86. The number of anilines is 1. The number of carbonyl (C=O) groups is 1. The molecule has 1 heterocycles. The first-order chi connectivity index (χ1) is 12.4. The van der Waals surface area contributed by atoms with Crippen molar-refractivity contribution in [2.45, 2.75) is 58.3 Å². The van der Waals surface area contributed by atoms with Crippen molar-refractivity contribution < 1.29 is 13.2 Å². The fourth-order valence-corrected chi connectivity index (χ4v) is 5.62. The van der Waals surface area contributed by atoms with E-state index >= 15 is 0 Å². The number of hydrogen-bond acceptors (Lipinski definition) is 3. The number of nitrogens with zero attached hydrogens (tertiary/aromatic N) is 1. The summed E-state index contributed by atoms with van der Waals surface area (Å²) in [5.74, 6) is 0.532. The quantitative estimate of drug-likeness (QED) is 0.850. The van der Waals surface area contributed by atoms with Gasteiger partial charge in [0.15, 0.2) is 0 Å². The summed E-state index contributed by atoms with van der Waals surface area (Å²) in [5, 5.41) is 2.89. The van der Waals surface area contributed by atoms with Crippen molar-refractivity contribution in [1.82, 2.24) is 9.03 Å². The van der Waals surface area contributed by atoms with Crippen LogP contribution in [0.15, 0.2) is 6.07 Å². The van der Waals surface area contributed by atoms with Crippen LogP contribution in [0.2, 0.25) is 0 Å². The number of amides is 2. The molecule has 2 aliphatic carbocycles. The third-order valence-corrected chi connectivity index (χ3v) is 7.50. The molecule has 0 aromatic heterocycles. The highest BCUT2D eigenvalue weighted by molar-refractivity contribution is 7.87. The van der Waals surface area contributed by atoms with Crippen LogP contribution in [-0.4, -0.2) is 31.8 Å². The molecule has 2 N–H and O–H groups in total. The molecular formula is C19H27N3O3S. The zero-order valence-corrected chi connectivity index (χ0v) is 16.1. The van der Waals surface area contributed by atoms with E-state index in [0.29, 0.717) is 19.0 Å². The minimum atomic E-state index is -3.78. The van der Waals surface area contributed by atoms with Crippen molar-refractivity contribution >= 4 is 21.9 Å². The molecule has 3 aliphatic rings. The summed E-state index contributed by atoms with van der Waals surface area (Å²) in [7, 11) is -3.78. The summed E-state index contributed by atoms with van der Waals surface area (Å²) < 4.78 is 28.6. The number of piperidine rings is 1. The molecule has 0 atom stereocenters. The lowest BCUT2D eigenvalue weighted by Gasteiger charge is -2.29. The third-order valence-electron chi connectivity index (χ3n) is 6.02. The van der Waals surface area contributed by atoms with E-state index in [9.17, 15) is 13.2 Å². The smallest absolute Gasteiger partial charge is 0.307 e. The molecule has 4 rings (SSSR count). The molecule has 0 radical (unpaired) electrons. The van der Waals surface area contributed by atoms with Crippen molar-refractivity contribution in [3.05, 3.63) is 28.3 Å². The Balaban J connectivity index is 1.51. The standard InChI is InChI=1S/C19H27N3O3S/c1-13-8-10-22(11-9-13)26(24,25)21-19(23)20-18-16-6-2-4-14(16)12-15-5-3-7-17(15)18/h12-13H,2-11H2,1H3,(H2,20,21,23). The normalized spacial score (nSPS) is 20.7. The average molecular weight is 378 g/mol. The Labute approximate surface area is 155 Å². The highest BCUT2D eigenvalue weighted by Crippen LogP contribution is 2.38. The Morgan fingerprint density at radius 2 is 1.62 bits per heavy atom. The van der Waals surface area contributed by atoms with Gasteiger partial charge in [0.25, 0.3) is 0 Å². The van der Waals surface area contributed by atoms with E-state index in [1.54, 1.807) is 0 Å². The molecule has 1 aromatic carbocycles. The maximum absolute atomic E-state index is 12.5. The Kier molecular flexibility index (Phi) is 4.69. The molecule has 1 aromatic rings. The van der Waals surface area contributed by atoms with Crippen LogP contribution in [0.25, 0.3) is 0 Å². The number of urea groups is 1. The zero-order chi connectivity index (χ0) is 18.3. The van der Waals surface area contributed by atoms with Gasteiger partial charge in [0.1, 0.15) is 0 Å². The Hall–Kier alpha value is -1.60. The molecule has 142 valence electrons. The lowest BCUT2D eigenvalue weighted by molar-refractivity contribution is 0.253. The number of nitrogens with one attached hydrogen (secondary N) is 2. The van der Waals surface area contributed by atoms with E-state index < -0.39 is 16.2 Å². The van der Waals surface area contributed by atoms with Gasteiger partial charge in [0, 0.05) is 18.8 Å². The van der Waals surface area contributed by atoms with Crippen LogP contribution in [0.3, 0.4) is 0 Å². The van der Waals surface area contributed by atoms with Crippen LogP contribution in [0.1, 0.15) is 54.9 Å². The summed E-state index contributed by atoms with van der Waals surface area (Å²) >= 11 is 0. The van der Waals surface area contributed by atoms with Crippen LogP contribution in [0, 0.1) is 5.92 Å². The minimum Gasteiger partial charge on any atom is -0.307 e. The zero-order valence-electron chi connectivity index (χ0n) is 15.3. The van der Waals surface area contributed by atoms with Crippen molar-refractivity contribution in [2.24, 2.45) is 5.92 Å². The Bertz CT molecular complexity index is 795. The van der Waals surface area contributed by atoms with E-state index in [4.69, 9.17) is 0 Å². The topological polar surface area (TPSA) is 78.5 Å². The lowest BCUT2D eigenvalue weighted by Crippen LogP contribution is -2.48. The first kappa shape index (κ1) is 17.8. The second kappa shape index (κ2) is 6.85. The number of benzene rings is 1. The maximum atomic E-state index is 12.5. The monoisotopic (exact) mass is 377 g/mol. The van der Waals surface area contributed by atoms with E-state index in [1.807, 2.05) is 0 Å². The van der Waals surface area contributed by atoms with E-state index in [2.05, 4.69) is 23.0 Å². The van der Waals surface area contributed by atoms with Gasteiger partial charge in [-0.25, -0.2) is 9.52 Å². The largest absolute Gasteiger partial charge is 0.333 e. The van der Waals surface area contributed by atoms with Gasteiger partial charge in [-0.05, 0) is 79.5 Å². The third kappa shape index (κ3) is 3.34. The molecule has 2 amide bonds. The van der Waals surface area contributed by atoms with Crippen molar-refractivity contribution in [1.29, 1.82) is 0 Å². The van der Waals surface area contributed by atoms with Gasteiger partial charge in [-0.15, -0.1) is 0 Å². The van der Waals surface area contributed by atoms with E-state index in [1.165, 1.54) is 26.6 Å². The SMILES string of the molecule is CC1CCN(S(=O)(=O)NC(=O)Nc2c3c(cc4c2CCC4)CCC3)CC1. The van der Waals surface area contributed by atoms with Crippen molar-refractivity contribution in [3.63, 3.8) is 0 Å². The predicted molar refractivity (Wildman–Crippen MR) is 102 cm³/mol. The Morgan fingerprint density at radius 1 is 1.04 bits per heavy atom. The molecule has 1 fully saturated rings. The van der Waals surface area contributed by atoms with Crippen LogP contribution >= 0.6 is 0 Å². The highest BCUT2D eigenvalue weighted by Gasteiger charge is 2.29. The summed E-state index contributed by atoms with van der Waals surface area (Å²) in [6, 6.07) is 1.65. The van der Waals surface area contributed by atoms with Crippen LogP contribution < -0.4 is 10.0 Å². The molecule has 0 saturated carbocycles. The van der Waals surface area contributed by atoms with E-state index in [0.717, 1.165) is 57.1 Å². The molecule has 0 bridgehead atoms. The second-order valence-electron chi connectivity index (χ2n) is 7.88. The van der Waals surface area contributed by atoms with Crippen LogP contribution in [-0.2, 0) is 35.9 Å². The van der Waals surface area contributed by atoms with Crippen molar-refractivity contribution in [2.75, 3.05) is 18.4 Å². The fraction of sp³-hybridized carbons (Fsp3) is 0.632. The fourth-order valence-electron chi connectivity index (χ4n) is 4.51. The minimum absolute atomic E-state index is 0.472. The van der Waals surface area contributed by atoms with E-state index in [-0.39, 0.29) is 0 Å². The van der Waals surface area contributed by atoms with Crippen LogP contribution in [0.4, 0.5) is 10.5 Å². The summed E-state index contributed by atoms with van der Waals surface area (Å²) in [5.41, 5.74) is 5.89. The van der Waals surface area contributed by atoms with Gasteiger partial charge >= 0.3 is 16.2 Å². The van der Waals surface area contributed by atoms with Gasteiger partial charge in [-0.1, -0.05) is 13.0 Å². The molecule has 6 nitrogen and oxygen atoms in total. The average Bonchev–Trinajstić information content (AvgIpc) is 3.23. The first-order valence-electron chi connectivity index (χ1n) is 9.69. The molecule has 1 saturated heterocycles. The number of hydrogen-bond donors (Lipinski definition) is 2. The van der Waals surface area contributed by atoms with Gasteiger partial charge in [-0.2, -0.15) is 12.7 Å². The second-order valence-corrected chi connectivity index (χ2v) is 9.55. The molecular weight excluding hydrogens is 350 g/mol. The molecule has 7 heteroatoms. The number of rotatable bonds is 3. The molecule has 0 spiro atoms. The summed E-state index contributed by atoms with van der Waals surface area (Å²) in [6.45, 7) is 3.07. The van der Waals surface area contributed by atoms with Crippen LogP contribution in [0.5, 0.6) is 0 Å². The van der Waals surface area contributed by atoms with Gasteiger partial charge < -0.3 is 5.32 Å². The number of carbonyl (C=O) groups excluding carboxylic acids is 1. The molecule has 26 heavy (non-hydrogen) atoms. The predicted octanol–water partition coefficient (Wildman–Crippen LogP) is 2.76. The first-order valence-corrected chi connectivity index (χ1v) is 11.1. The van der Waals surface area contributed by atoms with Gasteiger partial charge in [0.05, 0.1) is 0 Å². The maximum Gasteiger partial charge on any atom is 0.333 e. The summed E-state index contributed by atoms with van der Waals surface area (Å²) in [4.78, 5) is 12.5. The molecule has 0 unspecified atom stereocenters.